The normalized spacial score (nSPS) is 15.8. The smallest absolute Gasteiger partial charge is 0.251 e. The van der Waals surface area contributed by atoms with Gasteiger partial charge in [0.25, 0.3) is 5.91 Å². The third kappa shape index (κ3) is 2.65. The van der Waals surface area contributed by atoms with Crippen LogP contribution in [0.2, 0.25) is 0 Å². The number of amides is 1. The van der Waals surface area contributed by atoms with Crippen molar-refractivity contribution in [1.29, 1.82) is 0 Å². The Hall–Kier alpha value is -3.16. The number of carbonyl (C=O) groups excluding carboxylic acids is 1. The van der Waals surface area contributed by atoms with E-state index in [-0.39, 0.29) is 11.9 Å². The zero-order valence-electron chi connectivity index (χ0n) is 13.9. The molecule has 2 aromatic heterocycles. The maximum atomic E-state index is 12.6. The molecule has 1 amide bonds. The first kappa shape index (κ1) is 15.4. The fraction of sp³-hybridized carbons (Fsp3) is 0.294. The minimum atomic E-state index is -0.155. The first-order chi connectivity index (χ1) is 12.2. The first-order valence-electron chi connectivity index (χ1n) is 7.93. The van der Waals surface area contributed by atoms with E-state index in [0.29, 0.717) is 22.7 Å². The number of nitrogens with one attached hydrogen (secondary N) is 1. The Morgan fingerprint density at radius 3 is 2.84 bits per heavy atom. The molecule has 0 saturated heterocycles. The summed E-state index contributed by atoms with van der Waals surface area (Å²) in [6.45, 7) is 0. The number of carbonyl (C=O) groups is 1. The molecule has 1 aliphatic rings. The Labute approximate surface area is 143 Å². The molecule has 0 spiro atoms. The Kier molecular flexibility index (Phi) is 3.72. The van der Waals surface area contributed by atoms with Crippen molar-refractivity contribution in [2.75, 3.05) is 14.2 Å². The number of hydrogen-bond donors (Lipinski definition) is 1. The van der Waals surface area contributed by atoms with Crippen LogP contribution in [0.4, 0.5) is 0 Å². The third-order valence-corrected chi connectivity index (χ3v) is 4.49. The van der Waals surface area contributed by atoms with Crippen molar-refractivity contribution in [1.82, 2.24) is 25.4 Å². The highest BCUT2D eigenvalue weighted by Gasteiger charge is 2.26. The standard InChI is InChI=1S/C17H17N5O3/c1-24-14-7-10-3-4-13(12(10)9-15(14)25-2)18-17(23)11-5-6-22-16(8-11)19-20-21-22/h5-9,13H,3-4H2,1-2H3,(H,18,23)/t13-/m1/s1. The Morgan fingerprint density at radius 2 is 2.04 bits per heavy atom. The molecule has 8 heteroatoms. The molecular formula is C17H17N5O3. The summed E-state index contributed by atoms with van der Waals surface area (Å²) in [6.07, 6.45) is 3.39. The molecule has 0 aliphatic heterocycles. The van der Waals surface area contributed by atoms with Gasteiger partial charge in [-0.05, 0) is 58.7 Å². The Morgan fingerprint density at radius 1 is 1.24 bits per heavy atom. The van der Waals surface area contributed by atoms with E-state index in [1.54, 1.807) is 32.5 Å². The molecule has 0 unspecified atom stereocenters. The highest BCUT2D eigenvalue weighted by molar-refractivity contribution is 5.95. The number of hydrogen-bond acceptors (Lipinski definition) is 6. The number of fused-ring (bicyclic) bond motifs is 2. The second-order valence-electron chi connectivity index (χ2n) is 5.87. The van der Waals surface area contributed by atoms with Gasteiger partial charge < -0.3 is 14.8 Å². The van der Waals surface area contributed by atoms with E-state index < -0.39 is 0 Å². The maximum absolute atomic E-state index is 12.6. The van der Waals surface area contributed by atoms with Crippen molar-refractivity contribution in [2.24, 2.45) is 0 Å². The van der Waals surface area contributed by atoms with Gasteiger partial charge in [0.1, 0.15) is 0 Å². The lowest BCUT2D eigenvalue weighted by Crippen LogP contribution is -2.27. The van der Waals surface area contributed by atoms with Crippen molar-refractivity contribution in [2.45, 2.75) is 18.9 Å². The van der Waals surface area contributed by atoms with Crippen LogP contribution in [-0.4, -0.2) is 40.2 Å². The van der Waals surface area contributed by atoms with Crippen LogP contribution >= 0.6 is 0 Å². The highest BCUT2D eigenvalue weighted by Crippen LogP contribution is 2.39. The van der Waals surface area contributed by atoms with Gasteiger partial charge in [-0.25, -0.2) is 4.52 Å². The van der Waals surface area contributed by atoms with Crippen LogP contribution in [0.1, 0.15) is 33.9 Å². The van der Waals surface area contributed by atoms with Gasteiger partial charge in [0.15, 0.2) is 17.1 Å². The zero-order chi connectivity index (χ0) is 17.4. The summed E-state index contributed by atoms with van der Waals surface area (Å²) in [4.78, 5) is 12.6. The summed E-state index contributed by atoms with van der Waals surface area (Å²) in [5.74, 6) is 1.22. The molecule has 4 rings (SSSR count). The fourth-order valence-electron chi connectivity index (χ4n) is 3.21. The maximum Gasteiger partial charge on any atom is 0.251 e. The van der Waals surface area contributed by atoms with Gasteiger partial charge in [0.05, 0.1) is 20.3 Å². The molecule has 128 valence electrons. The van der Waals surface area contributed by atoms with Gasteiger partial charge in [0, 0.05) is 11.8 Å². The monoisotopic (exact) mass is 339 g/mol. The number of benzene rings is 1. The molecule has 1 aromatic carbocycles. The van der Waals surface area contributed by atoms with Gasteiger partial charge in [-0.2, -0.15) is 0 Å². The molecule has 2 heterocycles. The summed E-state index contributed by atoms with van der Waals surface area (Å²) in [6, 6.07) is 7.23. The van der Waals surface area contributed by atoms with Crippen molar-refractivity contribution in [3.63, 3.8) is 0 Å². The number of ether oxygens (including phenoxy) is 2. The molecule has 0 fully saturated rings. The summed E-state index contributed by atoms with van der Waals surface area (Å²) >= 11 is 0. The van der Waals surface area contributed by atoms with Gasteiger partial charge in [0.2, 0.25) is 0 Å². The van der Waals surface area contributed by atoms with E-state index in [1.165, 1.54) is 10.1 Å². The van der Waals surface area contributed by atoms with Gasteiger partial charge in [-0.15, -0.1) is 5.10 Å². The summed E-state index contributed by atoms with van der Waals surface area (Å²) in [5.41, 5.74) is 3.29. The number of aryl methyl sites for hydroxylation is 1. The van der Waals surface area contributed by atoms with Crippen LogP contribution in [-0.2, 0) is 6.42 Å². The average molecular weight is 339 g/mol. The average Bonchev–Trinajstić information content (AvgIpc) is 3.26. The van der Waals surface area contributed by atoms with E-state index in [0.717, 1.165) is 18.4 Å². The highest BCUT2D eigenvalue weighted by atomic mass is 16.5. The molecular weight excluding hydrogens is 322 g/mol. The number of nitrogens with zero attached hydrogens (tertiary/aromatic N) is 4. The molecule has 8 nitrogen and oxygen atoms in total. The van der Waals surface area contributed by atoms with Crippen molar-refractivity contribution >= 4 is 11.6 Å². The van der Waals surface area contributed by atoms with Crippen LogP contribution in [0.15, 0.2) is 30.5 Å². The van der Waals surface area contributed by atoms with Crippen molar-refractivity contribution in [3.05, 3.63) is 47.2 Å². The van der Waals surface area contributed by atoms with E-state index in [1.807, 2.05) is 12.1 Å². The predicted octanol–water partition coefficient (Wildman–Crippen LogP) is 1.56. The predicted molar refractivity (Wildman–Crippen MR) is 88.9 cm³/mol. The Balaban J connectivity index is 1.59. The number of methoxy groups -OCH3 is 2. The van der Waals surface area contributed by atoms with E-state index >= 15 is 0 Å². The second-order valence-corrected chi connectivity index (χ2v) is 5.87. The van der Waals surface area contributed by atoms with E-state index in [4.69, 9.17) is 9.47 Å². The quantitative estimate of drug-likeness (QED) is 0.776. The van der Waals surface area contributed by atoms with Crippen LogP contribution < -0.4 is 14.8 Å². The van der Waals surface area contributed by atoms with Gasteiger partial charge in [-0.1, -0.05) is 0 Å². The second kappa shape index (κ2) is 6.04. The summed E-state index contributed by atoms with van der Waals surface area (Å²) < 4.78 is 12.2. The molecule has 1 aliphatic carbocycles. The molecule has 0 saturated carbocycles. The molecule has 1 N–H and O–H groups in total. The Bertz CT molecular complexity index is 953. The largest absolute Gasteiger partial charge is 0.493 e. The number of rotatable bonds is 4. The molecule has 0 bridgehead atoms. The minimum absolute atomic E-state index is 0.0606. The number of aromatic nitrogens is 4. The topological polar surface area (TPSA) is 90.6 Å². The lowest BCUT2D eigenvalue weighted by atomic mass is 10.1. The summed E-state index contributed by atoms with van der Waals surface area (Å²) in [5, 5.41) is 14.3. The van der Waals surface area contributed by atoms with Crippen LogP contribution in [0.5, 0.6) is 11.5 Å². The SMILES string of the molecule is COc1cc2c(cc1OC)[C@H](NC(=O)c1ccn3nnnc3c1)CC2. The molecule has 3 aromatic rings. The van der Waals surface area contributed by atoms with Crippen molar-refractivity contribution in [3.8, 4) is 11.5 Å². The molecule has 0 radical (unpaired) electrons. The number of pyridine rings is 1. The van der Waals surface area contributed by atoms with Crippen LogP contribution in [0.3, 0.4) is 0 Å². The number of tetrazole rings is 1. The lowest BCUT2D eigenvalue weighted by Gasteiger charge is -2.16. The van der Waals surface area contributed by atoms with Crippen LogP contribution in [0, 0.1) is 0 Å². The lowest BCUT2D eigenvalue weighted by molar-refractivity contribution is 0.0936. The zero-order valence-corrected chi connectivity index (χ0v) is 13.9. The third-order valence-electron chi connectivity index (χ3n) is 4.49. The minimum Gasteiger partial charge on any atom is -0.493 e. The van der Waals surface area contributed by atoms with E-state index in [2.05, 4.69) is 20.8 Å². The van der Waals surface area contributed by atoms with Gasteiger partial charge in [-0.3, -0.25) is 4.79 Å². The van der Waals surface area contributed by atoms with Crippen molar-refractivity contribution < 1.29 is 14.3 Å². The van der Waals surface area contributed by atoms with Gasteiger partial charge >= 0.3 is 0 Å². The van der Waals surface area contributed by atoms with E-state index in [9.17, 15) is 4.79 Å². The first-order valence-corrected chi connectivity index (χ1v) is 7.93. The molecule has 25 heavy (non-hydrogen) atoms. The van der Waals surface area contributed by atoms with Crippen LogP contribution in [0.25, 0.3) is 5.65 Å². The summed E-state index contributed by atoms with van der Waals surface area (Å²) in [7, 11) is 3.22. The molecule has 1 atom stereocenters. The fourth-order valence-corrected chi connectivity index (χ4v) is 3.21.